The molecule has 2 fully saturated rings. The molecular formula is C13H25N2O2+. The van der Waals surface area contributed by atoms with E-state index in [2.05, 4.69) is 32.6 Å². The number of fused-ring (bicyclic) bond motifs is 2. The number of carboxylic acids is 1. The molecule has 0 aromatic heterocycles. The van der Waals surface area contributed by atoms with Crippen LogP contribution in [0, 0.1) is 0 Å². The van der Waals surface area contributed by atoms with E-state index in [9.17, 15) is 4.79 Å². The molecule has 0 aliphatic carbocycles. The van der Waals surface area contributed by atoms with E-state index in [0.29, 0.717) is 30.7 Å². The highest BCUT2D eigenvalue weighted by Gasteiger charge is 2.57. The van der Waals surface area contributed by atoms with Crippen LogP contribution in [0.25, 0.3) is 0 Å². The van der Waals surface area contributed by atoms with Crippen molar-refractivity contribution in [1.82, 2.24) is 4.90 Å². The van der Waals surface area contributed by atoms with Gasteiger partial charge < -0.3 is 9.59 Å². The zero-order valence-electron chi connectivity index (χ0n) is 11.4. The van der Waals surface area contributed by atoms with Gasteiger partial charge in [0.05, 0.1) is 25.2 Å². The van der Waals surface area contributed by atoms with Gasteiger partial charge in [0.25, 0.3) is 0 Å². The Balaban J connectivity index is 2.17. The average molecular weight is 241 g/mol. The minimum absolute atomic E-state index is 0.296. The highest BCUT2D eigenvalue weighted by molar-refractivity contribution is 5.68. The lowest BCUT2D eigenvalue weighted by atomic mass is 10.1. The van der Waals surface area contributed by atoms with Gasteiger partial charge in [0.1, 0.15) is 6.04 Å². The Morgan fingerprint density at radius 3 is 2.41 bits per heavy atom. The van der Waals surface area contributed by atoms with Crippen molar-refractivity contribution in [2.45, 2.75) is 58.3 Å². The zero-order chi connectivity index (χ0) is 12.8. The minimum Gasteiger partial charge on any atom is -0.477 e. The molecule has 0 radical (unpaired) electrons. The number of piperazine rings is 1. The van der Waals surface area contributed by atoms with Gasteiger partial charge >= 0.3 is 5.97 Å². The van der Waals surface area contributed by atoms with Crippen LogP contribution >= 0.6 is 0 Å². The fourth-order valence-electron chi connectivity index (χ4n) is 3.90. The van der Waals surface area contributed by atoms with Crippen molar-refractivity contribution in [3.05, 3.63) is 0 Å². The van der Waals surface area contributed by atoms with Gasteiger partial charge in [-0.1, -0.05) is 0 Å². The molecule has 2 aliphatic heterocycles. The lowest BCUT2D eigenvalue weighted by molar-refractivity contribution is -0.956. The molecule has 0 saturated carbocycles. The second-order valence-electron chi connectivity index (χ2n) is 6.27. The Bertz CT molecular complexity index is 317. The molecule has 17 heavy (non-hydrogen) atoms. The van der Waals surface area contributed by atoms with Crippen molar-refractivity contribution >= 4 is 5.97 Å². The maximum Gasteiger partial charge on any atom is 0.359 e. The van der Waals surface area contributed by atoms with Gasteiger partial charge in [0, 0.05) is 12.5 Å². The van der Waals surface area contributed by atoms with E-state index >= 15 is 0 Å². The number of likely N-dealkylation sites (tertiary alicyclic amines) is 2. The van der Waals surface area contributed by atoms with Gasteiger partial charge in [0.2, 0.25) is 0 Å². The molecule has 2 heterocycles. The normalized spacial score (nSPS) is 37.3. The Hall–Kier alpha value is -0.610. The van der Waals surface area contributed by atoms with E-state index in [4.69, 9.17) is 5.11 Å². The number of hydrogen-bond donors (Lipinski definition) is 1. The molecule has 1 unspecified atom stereocenters. The molecule has 98 valence electrons. The maximum absolute atomic E-state index is 11.1. The first-order chi connectivity index (χ1) is 7.86. The number of carbonyl (C=O) groups is 1. The molecule has 1 N–H and O–H groups in total. The third-order valence-corrected chi connectivity index (χ3v) is 4.83. The number of carboxylic acid groups (broad SMARTS) is 1. The summed E-state index contributed by atoms with van der Waals surface area (Å²) < 4.78 is 0.795. The first-order valence-electron chi connectivity index (χ1n) is 6.71. The number of nitrogens with zero attached hydrogens (tertiary/aromatic N) is 2. The smallest absolute Gasteiger partial charge is 0.359 e. The summed E-state index contributed by atoms with van der Waals surface area (Å²) in [6, 6.07) is 2.12. The molecule has 3 atom stereocenters. The second-order valence-corrected chi connectivity index (χ2v) is 6.27. The third kappa shape index (κ3) is 1.97. The second kappa shape index (κ2) is 4.25. The van der Waals surface area contributed by atoms with E-state index in [0.717, 1.165) is 17.6 Å². The lowest BCUT2D eigenvalue weighted by Gasteiger charge is -2.47. The molecule has 4 heteroatoms. The van der Waals surface area contributed by atoms with E-state index in [1.807, 2.05) is 0 Å². The van der Waals surface area contributed by atoms with Crippen molar-refractivity contribution in [3.63, 3.8) is 0 Å². The molecule has 2 rings (SSSR count). The van der Waals surface area contributed by atoms with Crippen LogP contribution in [0.2, 0.25) is 0 Å². The Morgan fingerprint density at radius 1 is 1.41 bits per heavy atom. The summed E-state index contributed by atoms with van der Waals surface area (Å²) in [6.45, 7) is 11.2. The number of aliphatic carboxylic acids is 1. The van der Waals surface area contributed by atoms with Gasteiger partial charge in [0.15, 0.2) is 6.54 Å². The molecule has 0 aromatic carbocycles. The minimum atomic E-state index is -0.651. The van der Waals surface area contributed by atoms with Crippen molar-refractivity contribution in [2.24, 2.45) is 0 Å². The quantitative estimate of drug-likeness (QED) is 0.751. The third-order valence-electron chi connectivity index (χ3n) is 4.83. The van der Waals surface area contributed by atoms with Crippen LogP contribution in [0.1, 0.15) is 34.1 Å². The van der Waals surface area contributed by atoms with E-state index in [1.54, 1.807) is 0 Å². The van der Waals surface area contributed by atoms with E-state index in [-0.39, 0.29) is 0 Å². The van der Waals surface area contributed by atoms with Crippen molar-refractivity contribution < 1.29 is 14.4 Å². The van der Waals surface area contributed by atoms with Crippen LogP contribution < -0.4 is 0 Å². The summed E-state index contributed by atoms with van der Waals surface area (Å²) in [6.07, 6.45) is 1.18. The molecule has 0 spiro atoms. The van der Waals surface area contributed by atoms with Crippen molar-refractivity contribution in [2.75, 3.05) is 19.6 Å². The monoisotopic (exact) mass is 241 g/mol. The summed E-state index contributed by atoms with van der Waals surface area (Å²) in [5, 5.41) is 9.16. The summed E-state index contributed by atoms with van der Waals surface area (Å²) in [5.74, 6) is -0.651. The summed E-state index contributed by atoms with van der Waals surface area (Å²) in [5.41, 5.74) is 0. The molecule has 4 nitrogen and oxygen atoms in total. The number of hydrogen-bond acceptors (Lipinski definition) is 2. The van der Waals surface area contributed by atoms with Crippen LogP contribution in [0.15, 0.2) is 0 Å². The van der Waals surface area contributed by atoms with Gasteiger partial charge in [-0.15, -0.1) is 0 Å². The topological polar surface area (TPSA) is 40.5 Å². The molecule has 0 aromatic rings. The van der Waals surface area contributed by atoms with Crippen LogP contribution in [-0.4, -0.2) is 64.3 Å². The summed E-state index contributed by atoms with van der Waals surface area (Å²) in [4.78, 5) is 13.7. The maximum atomic E-state index is 11.1. The predicted molar refractivity (Wildman–Crippen MR) is 66.8 cm³/mol. The standard InChI is InChI=1S/C13H24N2O2/c1-9(2)14-6-12-5-11(14)7-15(12,10(3)4)8-13(16)17/h9-12H,5-8H2,1-4H3/p+1/t11-,12-,15?/m0/s1. The van der Waals surface area contributed by atoms with Gasteiger partial charge in [-0.2, -0.15) is 0 Å². The fraction of sp³-hybridized carbons (Fsp3) is 0.923. The predicted octanol–water partition coefficient (Wildman–Crippen LogP) is 1.16. The highest BCUT2D eigenvalue weighted by Crippen LogP contribution is 2.39. The Morgan fingerprint density at radius 2 is 2.06 bits per heavy atom. The largest absolute Gasteiger partial charge is 0.477 e. The summed E-state index contributed by atoms with van der Waals surface area (Å²) >= 11 is 0. The lowest BCUT2D eigenvalue weighted by Crippen LogP contribution is -2.65. The molecule has 0 amide bonds. The first kappa shape index (κ1) is 12.8. The highest BCUT2D eigenvalue weighted by atomic mass is 16.4. The van der Waals surface area contributed by atoms with E-state index in [1.165, 1.54) is 6.42 Å². The molecular weight excluding hydrogens is 216 g/mol. The van der Waals surface area contributed by atoms with Gasteiger partial charge in [-0.25, -0.2) is 4.79 Å². The number of rotatable bonds is 4. The van der Waals surface area contributed by atoms with Gasteiger partial charge in [-0.05, 0) is 27.7 Å². The zero-order valence-corrected chi connectivity index (χ0v) is 11.4. The van der Waals surface area contributed by atoms with Crippen molar-refractivity contribution in [1.29, 1.82) is 0 Å². The molecule has 2 aliphatic rings. The van der Waals surface area contributed by atoms with Crippen LogP contribution in [0.4, 0.5) is 0 Å². The first-order valence-corrected chi connectivity index (χ1v) is 6.71. The van der Waals surface area contributed by atoms with Crippen LogP contribution in [-0.2, 0) is 4.79 Å². The van der Waals surface area contributed by atoms with Crippen molar-refractivity contribution in [3.8, 4) is 0 Å². The average Bonchev–Trinajstić information content (AvgIpc) is 2.73. The molecule has 2 bridgehead atoms. The molecule has 2 saturated heterocycles. The number of quaternary nitrogens is 1. The van der Waals surface area contributed by atoms with E-state index < -0.39 is 5.97 Å². The fourth-order valence-corrected chi connectivity index (χ4v) is 3.90. The Labute approximate surface area is 104 Å². The van der Waals surface area contributed by atoms with Crippen LogP contribution in [0.5, 0.6) is 0 Å². The van der Waals surface area contributed by atoms with Crippen LogP contribution in [0.3, 0.4) is 0 Å². The Kier molecular flexibility index (Phi) is 3.21. The van der Waals surface area contributed by atoms with Gasteiger partial charge in [-0.3, -0.25) is 4.90 Å². The SMILES string of the molecule is CC(C)N1C[C@@H]2C[C@H]1C[N+]2(CC(=O)O)C(C)C. The summed E-state index contributed by atoms with van der Waals surface area (Å²) in [7, 11) is 0.